The van der Waals surface area contributed by atoms with Gasteiger partial charge in [0.1, 0.15) is 0 Å². The van der Waals surface area contributed by atoms with Gasteiger partial charge in [-0.15, -0.1) is 0 Å². The van der Waals surface area contributed by atoms with E-state index in [0.717, 1.165) is 43.6 Å². The summed E-state index contributed by atoms with van der Waals surface area (Å²) in [6, 6.07) is 8.83. The van der Waals surface area contributed by atoms with Crippen LogP contribution in [-0.4, -0.2) is 43.7 Å². The molecule has 2 saturated heterocycles. The van der Waals surface area contributed by atoms with Crippen LogP contribution in [0.15, 0.2) is 24.3 Å². The van der Waals surface area contributed by atoms with Gasteiger partial charge in [-0.1, -0.05) is 24.3 Å². The molecule has 0 amide bonds. The number of carbonyl (C=O) groups excluding carboxylic acids is 1. The van der Waals surface area contributed by atoms with Gasteiger partial charge in [0.15, 0.2) is 0 Å². The summed E-state index contributed by atoms with van der Waals surface area (Å²) in [5.41, 5.74) is 2.34. The number of benzene rings is 1. The highest BCUT2D eigenvalue weighted by atomic mass is 16.5. The Labute approximate surface area is 126 Å². The molecule has 0 aromatic heterocycles. The molecular weight excluding hydrogens is 264 g/mol. The number of hydrogen-bond acceptors (Lipinski definition) is 4. The summed E-state index contributed by atoms with van der Waals surface area (Å²) in [5.74, 6) is 1.39. The zero-order chi connectivity index (χ0) is 14.8. The minimum Gasteiger partial charge on any atom is -0.469 e. The van der Waals surface area contributed by atoms with Crippen molar-refractivity contribution in [2.24, 2.45) is 11.8 Å². The quantitative estimate of drug-likeness (QED) is 0.851. The predicted molar refractivity (Wildman–Crippen MR) is 81.9 cm³/mol. The van der Waals surface area contributed by atoms with Crippen molar-refractivity contribution in [2.75, 3.05) is 26.7 Å². The molecule has 3 rings (SSSR count). The van der Waals surface area contributed by atoms with Crippen LogP contribution in [0.1, 0.15) is 18.1 Å². The van der Waals surface area contributed by atoms with E-state index >= 15 is 0 Å². The third kappa shape index (κ3) is 2.97. The summed E-state index contributed by atoms with van der Waals surface area (Å²) in [5, 5.41) is 3.50. The molecule has 0 saturated carbocycles. The van der Waals surface area contributed by atoms with Crippen LogP contribution in [0, 0.1) is 11.8 Å². The average molecular weight is 288 g/mol. The molecule has 0 aliphatic carbocycles. The number of rotatable bonds is 4. The van der Waals surface area contributed by atoms with E-state index in [1.54, 1.807) is 0 Å². The fourth-order valence-electron chi connectivity index (χ4n) is 3.80. The van der Waals surface area contributed by atoms with Crippen molar-refractivity contribution in [1.82, 2.24) is 10.2 Å². The van der Waals surface area contributed by atoms with Crippen molar-refractivity contribution >= 4 is 5.97 Å². The Morgan fingerprint density at radius 2 is 2.10 bits per heavy atom. The van der Waals surface area contributed by atoms with Crippen molar-refractivity contribution in [1.29, 1.82) is 0 Å². The second kappa shape index (κ2) is 6.16. The molecule has 4 heteroatoms. The number of carbonyl (C=O) groups is 1. The van der Waals surface area contributed by atoms with Crippen LogP contribution >= 0.6 is 0 Å². The summed E-state index contributed by atoms with van der Waals surface area (Å²) in [4.78, 5) is 14.1. The predicted octanol–water partition coefficient (Wildman–Crippen LogP) is 1.44. The molecule has 114 valence electrons. The van der Waals surface area contributed by atoms with Crippen LogP contribution in [0.25, 0.3) is 0 Å². The van der Waals surface area contributed by atoms with Crippen LogP contribution in [0.2, 0.25) is 0 Å². The maximum atomic E-state index is 11.6. The van der Waals surface area contributed by atoms with E-state index in [0.29, 0.717) is 12.5 Å². The SMILES string of the molecule is COC(=O)Cc1ccccc1CN1CC2CNCC2C1C. The van der Waals surface area contributed by atoms with Crippen LogP contribution in [-0.2, 0) is 22.5 Å². The Balaban J connectivity index is 1.72. The van der Waals surface area contributed by atoms with Crippen molar-refractivity contribution in [3.8, 4) is 0 Å². The molecule has 2 aliphatic rings. The van der Waals surface area contributed by atoms with E-state index in [-0.39, 0.29) is 5.97 Å². The molecule has 2 fully saturated rings. The summed E-state index contributed by atoms with van der Waals surface area (Å²) < 4.78 is 4.80. The molecule has 2 aliphatic heterocycles. The van der Waals surface area contributed by atoms with Crippen LogP contribution in [0.4, 0.5) is 0 Å². The summed E-state index contributed by atoms with van der Waals surface area (Å²) in [6.45, 7) is 6.72. The number of nitrogens with one attached hydrogen (secondary N) is 1. The Kier molecular flexibility index (Phi) is 4.27. The Hall–Kier alpha value is -1.39. The zero-order valence-corrected chi connectivity index (χ0v) is 12.8. The smallest absolute Gasteiger partial charge is 0.309 e. The number of methoxy groups -OCH3 is 1. The molecule has 0 spiro atoms. The van der Waals surface area contributed by atoms with E-state index < -0.39 is 0 Å². The van der Waals surface area contributed by atoms with E-state index in [1.165, 1.54) is 12.7 Å². The minimum atomic E-state index is -0.169. The van der Waals surface area contributed by atoms with E-state index in [2.05, 4.69) is 29.3 Å². The van der Waals surface area contributed by atoms with Crippen LogP contribution < -0.4 is 5.32 Å². The van der Waals surface area contributed by atoms with Gasteiger partial charge >= 0.3 is 5.97 Å². The van der Waals surface area contributed by atoms with Crippen LogP contribution in [0.3, 0.4) is 0 Å². The van der Waals surface area contributed by atoms with Gasteiger partial charge in [0.05, 0.1) is 13.5 Å². The third-order valence-electron chi connectivity index (χ3n) is 5.11. The second-order valence-electron chi connectivity index (χ2n) is 6.27. The molecule has 1 N–H and O–H groups in total. The van der Waals surface area contributed by atoms with Gasteiger partial charge in [0, 0.05) is 19.1 Å². The Morgan fingerprint density at radius 1 is 1.33 bits per heavy atom. The Morgan fingerprint density at radius 3 is 2.81 bits per heavy atom. The first kappa shape index (κ1) is 14.5. The van der Waals surface area contributed by atoms with Gasteiger partial charge in [0.2, 0.25) is 0 Å². The largest absolute Gasteiger partial charge is 0.469 e. The lowest BCUT2D eigenvalue weighted by atomic mass is 9.95. The first-order valence-corrected chi connectivity index (χ1v) is 7.77. The topological polar surface area (TPSA) is 41.6 Å². The molecule has 4 nitrogen and oxygen atoms in total. The van der Waals surface area contributed by atoms with Crippen molar-refractivity contribution < 1.29 is 9.53 Å². The van der Waals surface area contributed by atoms with Gasteiger partial charge in [-0.2, -0.15) is 0 Å². The number of fused-ring (bicyclic) bond motifs is 1. The highest BCUT2D eigenvalue weighted by Gasteiger charge is 2.41. The van der Waals surface area contributed by atoms with Crippen molar-refractivity contribution in [3.63, 3.8) is 0 Å². The van der Waals surface area contributed by atoms with Crippen molar-refractivity contribution in [2.45, 2.75) is 25.9 Å². The van der Waals surface area contributed by atoms with E-state index in [4.69, 9.17) is 4.74 Å². The minimum absolute atomic E-state index is 0.169. The monoisotopic (exact) mass is 288 g/mol. The highest BCUT2D eigenvalue weighted by molar-refractivity contribution is 5.72. The third-order valence-corrected chi connectivity index (χ3v) is 5.11. The summed E-state index contributed by atoms with van der Waals surface area (Å²) in [7, 11) is 1.45. The molecule has 21 heavy (non-hydrogen) atoms. The average Bonchev–Trinajstić information content (AvgIpc) is 3.05. The number of esters is 1. The maximum Gasteiger partial charge on any atom is 0.309 e. The lowest BCUT2D eigenvalue weighted by molar-refractivity contribution is -0.139. The lowest BCUT2D eigenvalue weighted by Crippen LogP contribution is -2.33. The van der Waals surface area contributed by atoms with Gasteiger partial charge in [-0.05, 0) is 43.0 Å². The molecule has 3 unspecified atom stereocenters. The normalized spacial score (nSPS) is 28.6. The molecular formula is C17H24N2O2. The number of likely N-dealkylation sites (tertiary alicyclic amines) is 1. The highest BCUT2D eigenvalue weighted by Crippen LogP contribution is 2.33. The first-order valence-electron chi connectivity index (χ1n) is 7.77. The van der Waals surface area contributed by atoms with E-state index in [1.807, 2.05) is 12.1 Å². The van der Waals surface area contributed by atoms with Crippen molar-refractivity contribution in [3.05, 3.63) is 35.4 Å². The molecule has 3 atom stereocenters. The zero-order valence-electron chi connectivity index (χ0n) is 12.8. The van der Waals surface area contributed by atoms with Crippen LogP contribution in [0.5, 0.6) is 0 Å². The summed E-state index contributed by atoms with van der Waals surface area (Å²) >= 11 is 0. The molecule has 0 radical (unpaired) electrons. The first-order chi connectivity index (χ1) is 10.2. The number of ether oxygens (including phenoxy) is 1. The van der Waals surface area contributed by atoms with E-state index in [9.17, 15) is 4.79 Å². The maximum absolute atomic E-state index is 11.6. The van der Waals surface area contributed by atoms with Gasteiger partial charge in [-0.25, -0.2) is 0 Å². The van der Waals surface area contributed by atoms with Gasteiger partial charge in [-0.3, -0.25) is 9.69 Å². The molecule has 0 bridgehead atoms. The summed E-state index contributed by atoms with van der Waals surface area (Å²) in [6.07, 6.45) is 0.364. The second-order valence-corrected chi connectivity index (χ2v) is 6.27. The van der Waals surface area contributed by atoms with Gasteiger partial charge < -0.3 is 10.1 Å². The number of hydrogen-bond donors (Lipinski definition) is 1. The fraction of sp³-hybridized carbons (Fsp3) is 0.588. The number of nitrogens with zero attached hydrogens (tertiary/aromatic N) is 1. The Bertz CT molecular complexity index is 517. The van der Waals surface area contributed by atoms with Gasteiger partial charge in [0.25, 0.3) is 0 Å². The molecule has 1 aromatic carbocycles. The molecule has 1 aromatic rings. The molecule has 2 heterocycles. The fourth-order valence-corrected chi connectivity index (χ4v) is 3.80. The standard InChI is InChI=1S/C17H24N2O2/c1-12-16-9-18-8-15(16)11-19(12)10-14-6-4-3-5-13(14)7-17(20)21-2/h3-6,12,15-16,18H,7-11H2,1-2H3. The lowest BCUT2D eigenvalue weighted by Gasteiger charge is -2.25.